The van der Waals surface area contributed by atoms with Crippen LogP contribution in [0.3, 0.4) is 0 Å². The zero-order valence-electron chi connectivity index (χ0n) is 11.9. The molecule has 104 valence electrons. The van der Waals surface area contributed by atoms with E-state index in [1.807, 2.05) is 24.3 Å². The maximum absolute atomic E-state index is 10.9. The lowest BCUT2D eigenvalue weighted by Crippen LogP contribution is -2.20. The molecule has 0 heterocycles. The van der Waals surface area contributed by atoms with Crippen molar-refractivity contribution in [2.24, 2.45) is 11.8 Å². The summed E-state index contributed by atoms with van der Waals surface area (Å²) in [7, 11) is 0. The number of benzene rings is 1. The highest BCUT2D eigenvalue weighted by Crippen LogP contribution is 2.28. The van der Waals surface area contributed by atoms with E-state index in [2.05, 4.69) is 17.6 Å². The van der Waals surface area contributed by atoms with Crippen LogP contribution in [-0.4, -0.2) is 12.5 Å². The molecule has 2 N–H and O–H groups in total. The van der Waals surface area contributed by atoms with Gasteiger partial charge in [-0.3, -0.25) is 4.79 Å². The quantitative estimate of drug-likeness (QED) is 0.862. The summed E-state index contributed by atoms with van der Waals surface area (Å²) in [5.41, 5.74) is 1.98. The third kappa shape index (κ3) is 4.58. The third-order valence-corrected chi connectivity index (χ3v) is 3.85. The minimum atomic E-state index is -0.0306. The lowest BCUT2D eigenvalue weighted by molar-refractivity contribution is -0.114. The highest BCUT2D eigenvalue weighted by atomic mass is 16.1. The molecule has 1 aromatic carbocycles. The Morgan fingerprint density at radius 1 is 1.21 bits per heavy atom. The smallest absolute Gasteiger partial charge is 0.221 e. The zero-order valence-corrected chi connectivity index (χ0v) is 11.9. The standard InChI is InChI=1S/C16H24N2O/c1-12-4-3-5-14(10-12)11-17-15-6-8-16(9-7-15)18-13(2)19/h6-9,12,14,17H,3-5,10-11H2,1-2H3,(H,18,19). The number of hydrogen-bond donors (Lipinski definition) is 2. The van der Waals surface area contributed by atoms with Gasteiger partial charge in [-0.2, -0.15) is 0 Å². The van der Waals surface area contributed by atoms with Crippen LogP contribution >= 0.6 is 0 Å². The molecule has 1 aromatic rings. The number of carbonyl (C=O) groups excluding carboxylic acids is 1. The van der Waals surface area contributed by atoms with Crippen molar-refractivity contribution in [3.63, 3.8) is 0 Å². The first-order valence-corrected chi connectivity index (χ1v) is 7.25. The Balaban J connectivity index is 1.81. The SMILES string of the molecule is CC(=O)Nc1ccc(NCC2CCCC(C)C2)cc1. The van der Waals surface area contributed by atoms with Crippen molar-refractivity contribution in [3.8, 4) is 0 Å². The van der Waals surface area contributed by atoms with Gasteiger partial charge in [-0.05, 0) is 48.9 Å². The first-order valence-electron chi connectivity index (χ1n) is 7.25. The van der Waals surface area contributed by atoms with Crippen molar-refractivity contribution < 1.29 is 4.79 Å². The van der Waals surface area contributed by atoms with Crippen molar-refractivity contribution in [1.29, 1.82) is 0 Å². The van der Waals surface area contributed by atoms with Gasteiger partial charge in [0.1, 0.15) is 0 Å². The number of carbonyl (C=O) groups is 1. The molecule has 2 rings (SSSR count). The number of rotatable bonds is 4. The van der Waals surface area contributed by atoms with E-state index in [1.54, 1.807) is 0 Å². The van der Waals surface area contributed by atoms with Gasteiger partial charge in [0.05, 0.1) is 0 Å². The normalized spacial score (nSPS) is 22.8. The Kier molecular flexibility index (Phi) is 4.83. The molecule has 19 heavy (non-hydrogen) atoms. The molecule has 2 unspecified atom stereocenters. The summed E-state index contributed by atoms with van der Waals surface area (Å²) in [5.74, 6) is 1.65. The van der Waals surface area contributed by atoms with Crippen LogP contribution in [0.4, 0.5) is 11.4 Å². The largest absolute Gasteiger partial charge is 0.385 e. The van der Waals surface area contributed by atoms with Crippen molar-refractivity contribution in [1.82, 2.24) is 0 Å². The van der Waals surface area contributed by atoms with Crippen LogP contribution in [0.15, 0.2) is 24.3 Å². The van der Waals surface area contributed by atoms with E-state index in [1.165, 1.54) is 32.6 Å². The first-order chi connectivity index (χ1) is 9.13. The molecule has 0 saturated heterocycles. The minimum absolute atomic E-state index is 0.0306. The molecule has 1 fully saturated rings. The molecule has 1 saturated carbocycles. The van der Waals surface area contributed by atoms with E-state index >= 15 is 0 Å². The Hall–Kier alpha value is -1.51. The van der Waals surface area contributed by atoms with E-state index in [0.29, 0.717) is 0 Å². The Morgan fingerprint density at radius 2 is 1.89 bits per heavy atom. The van der Waals surface area contributed by atoms with Gasteiger partial charge in [-0.1, -0.05) is 19.8 Å². The molecule has 0 bridgehead atoms. The molecule has 1 aliphatic rings. The Bertz CT molecular complexity index is 413. The maximum Gasteiger partial charge on any atom is 0.221 e. The number of amides is 1. The van der Waals surface area contributed by atoms with Gasteiger partial charge in [0.2, 0.25) is 5.91 Å². The monoisotopic (exact) mass is 260 g/mol. The first kappa shape index (κ1) is 13.9. The summed E-state index contributed by atoms with van der Waals surface area (Å²) in [6.45, 7) is 4.94. The Morgan fingerprint density at radius 3 is 2.53 bits per heavy atom. The van der Waals surface area contributed by atoms with Crippen LogP contribution in [0, 0.1) is 11.8 Å². The Labute approximate surface area is 115 Å². The molecule has 3 nitrogen and oxygen atoms in total. The van der Waals surface area contributed by atoms with E-state index in [4.69, 9.17) is 0 Å². The average Bonchev–Trinajstić information content (AvgIpc) is 2.37. The lowest BCUT2D eigenvalue weighted by Gasteiger charge is -2.27. The molecule has 0 spiro atoms. The highest BCUT2D eigenvalue weighted by Gasteiger charge is 2.18. The minimum Gasteiger partial charge on any atom is -0.385 e. The molecular formula is C16H24N2O. The lowest BCUT2D eigenvalue weighted by atomic mass is 9.82. The van der Waals surface area contributed by atoms with Crippen LogP contribution in [0.5, 0.6) is 0 Å². The van der Waals surface area contributed by atoms with Gasteiger partial charge in [0.25, 0.3) is 0 Å². The van der Waals surface area contributed by atoms with Gasteiger partial charge < -0.3 is 10.6 Å². The second-order valence-electron chi connectivity index (χ2n) is 5.78. The van der Waals surface area contributed by atoms with Crippen molar-refractivity contribution >= 4 is 17.3 Å². The van der Waals surface area contributed by atoms with Gasteiger partial charge in [0.15, 0.2) is 0 Å². The van der Waals surface area contributed by atoms with E-state index < -0.39 is 0 Å². The van der Waals surface area contributed by atoms with Crippen LogP contribution in [0.1, 0.15) is 39.5 Å². The predicted molar refractivity (Wildman–Crippen MR) is 80.4 cm³/mol. The number of nitrogens with one attached hydrogen (secondary N) is 2. The number of anilines is 2. The molecule has 0 aliphatic heterocycles. The van der Waals surface area contributed by atoms with Crippen LogP contribution in [0.2, 0.25) is 0 Å². The van der Waals surface area contributed by atoms with Crippen LogP contribution in [0.25, 0.3) is 0 Å². The fourth-order valence-electron chi connectivity index (χ4n) is 2.88. The summed E-state index contributed by atoms with van der Waals surface area (Å²) < 4.78 is 0. The van der Waals surface area contributed by atoms with E-state index in [-0.39, 0.29) is 5.91 Å². The topological polar surface area (TPSA) is 41.1 Å². The van der Waals surface area contributed by atoms with Crippen molar-refractivity contribution in [3.05, 3.63) is 24.3 Å². The number of hydrogen-bond acceptors (Lipinski definition) is 2. The van der Waals surface area contributed by atoms with Gasteiger partial charge in [-0.25, -0.2) is 0 Å². The molecule has 2 atom stereocenters. The molecule has 1 amide bonds. The van der Waals surface area contributed by atoms with Crippen molar-refractivity contribution in [2.45, 2.75) is 39.5 Å². The predicted octanol–water partition coefficient (Wildman–Crippen LogP) is 3.88. The summed E-state index contributed by atoms with van der Waals surface area (Å²) in [5, 5.41) is 6.28. The van der Waals surface area contributed by atoms with Crippen LogP contribution < -0.4 is 10.6 Å². The maximum atomic E-state index is 10.9. The summed E-state index contributed by atoms with van der Waals surface area (Å²) in [4.78, 5) is 10.9. The van der Waals surface area contributed by atoms with Gasteiger partial charge >= 0.3 is 0 Å². The molecular weight excluding hydrogens is 236 g/mol. The summed E-state index contributed by atoms with van der Waals surface area (Å²) >= 11 is 0. The van der Waals surface area contributed by atoms with E-state index in [0.717, 1.165) is 29.8 Å². The highest BCUT2D eigenvalue weighted by molar-refractivity contribution is 5.88. The van der Waals surface area contributed by atoms with Crippen LogP contribution in [-0.2, 0) is 4.79 Å². The summed E-state index contributed by atoms with van der Waals surface area (Å²) in [6.07, 6.45) is 5.45. The molecule has 1 aliphatic carbocycles. The molecule has 0 aromatic heterocycles. The second kappa shape index (κ2) is 6.60. The fraction of sp³-hybridized carbons (Fsp3) is 0.562. The molecule has 0 radical (unpaired) electrons. The molecule has 3 heteroatoms. The third-order valence-electron chi connectivity index (χ3n) is 3.85. The van der Waals surface area contributed by atoms with Gasteiger partial charge in [-0.15, -0.1) is 0 Å². The summed E-state index contributed by atoms with van der Waals surface area (Å²) in [6, 6.07) is 7.93. The zero-order chi connectivity index (χ0) is 13.7. The van der Waals surface area contributed by atoms with Gasteiger partial charge in [0, 0.05) is 24.8 Å². The van der Waals surface area contributed by atoms with E-state index in [9.17, 15) is 4.79 Å². The van der Waals surface area contributed by atoms with Crippen molar-refractivity contribution in [2.75, 3.05) is 17.2 Å². The second-order valence-corrected chi connectivity index (χ2v) is 5.78. The fourth-order valence-corrected chi connectivity index (χ4v) is 2.88. The average molecular weight is 260 g/mol.